The van der Waals surface area contributed by atoms with E-state index in [4.69, 9.17) is 0 Å². The number of halogens is 3. The molecule has 0 atom stereocenters. The van der Waals surface area contributed by atoms with Gasteiger partial charge in [0.25, 0.3) is 0 Å². The summed E-state index contributed by atoms with van der Waals surface area (Å²) in [6.07, 6.45) is 0.633. The lowest BCUT2D eigenvalue weighted by atomic mass is 10.2. The van der Waals surface area contributed by atoms with Crippen molar-refractivity contribution in [2.45, 2.75) is 25.2 Å². The van der Waals surface area contributed by atoms with Gasteiger partial charge >= 0.3 is 0 Å². The van der Waals surface area contributed by atoms with Gasteiger partial charge in [-0.3, -0.25) is 9.59 Å². The van der Waals surface area contributed by atoms with E-state index in [-0.39, 0.29) is 18.2 Å². The highest BCUT2D eigenvalue weighted by Crippen LogP contribution is 2.22. The van der Waals surface area contributed by atoms with Crippen LogP contribution in [-0.4, -0.2) is 35.6 Å². The summed E-state index contributed by atoms with van der Waals surface area (Å²) in [5, 5.41) is 2.18. The van der Waals surface area contributed by atoms with Gasteiger partial charge in [0.1, 0.15) is 0 Å². The molecule has 2 rings (SSSR count). The van der Waals surface area contributed by atoms with E-state index in [9.17, 15) is 22.8 Å². The van der Waals surface area contributed by atoms with Crippen molar-refractivity contribution in [1.29, 1.82) is 0 Å². The van der Waals surface area contributed by atoms with Gasteiger partial charge in [-0.15, -0.1) is 11.8 Å². The molecule has 2 aromatic rings. The second-order valence-corrected chi connectivity index (χ2v) is 7.16. The second kappa shape index (κ2) is 10.2. The number of nitrogens with one attached hydrogen (secondary N) is 1. The molecule has 0 heterocycles. The van der Waals surface area contributed by atoms with Crippen LogP contribution in [0.1, 0.15) is 18.9 Å². The summed E-state index contributed by atoms with van der Waals surface area (Å²) in [6.45, 7) is 3.85. The van der Waals surface area contributed by atoms with E-state index in [1.807, 2.05) is 38.1 Å². The molecule has 0 saturated heterocycles. The van der Waals surface area contributed by atoms with Gasteiger partial charge in [-0.25, -0.2) is 13.2 Å². The van der Waals surface area contributed by atoms with E-state index in [1.165, 1.54) is 16.7 Å². The summed E-state index contributed by atoms with van der Waals surface area (Å²) < 4.78 is 40.0. The van der Waals surface area contributed by atoms with Crippen molar-refractivity contribution in [2.75, 3.05) is 24.2 Å². The van der Waals surface area contributed by atoms with Crippen LogP contribution in [0.2, 0.25) is 0 Å². The lowest BCUT2D eigenvalue weighted by molar-refractivity contribution is -0.132. The summed E-state index contributed by atoms with van der Waals surface area (Å²) in [7, 11) is 0. The average molecular weight is 410 g/mol. The van der Waals surface area contributed by atoms with Gasteiger partial charge in [0.15, 0.2) is 17.5 Å². The average Bonchev–Trinajstić information content (AvgIpc) is 2.67. The number of aryl methyl sites for hydroxylation is 1. The zero-order valence-electron chi connectivity index (χ0n) is 15.6. The number of carbonyl (C=O) groups excluding carboxylic acids is 2. The summed E-state index contributed by atoms with van der Waals surface area (Å²) >= 11 is 1.37. The Balaban J connectivity index is 1.99. The zero-order valence-corrected chi connectivity index (χ0v) is 16.4. The molecule has 0 aliphatic rings. The SMILES string of the molecule is CCCN(CC(=O)Nc1ccc(F)c(F)c1F)C(=O)CSc1ccccc1C. The minimum Gasteiger partial charge on any atom is -0.333 e. The Kier molecular flexibility index (Phi) is 7.92. The van der Waals surface area contributed by atoms with Crippen molar-refractivity contribution in [3.8, 4) is 0 Å². The van der Waals surface area contributed by atoms with E-state index in [1.54, 1.807) is 0 Å². The lowest BCUT2D eigenvalue weighted by Gasteiger charge is -2.21. The number of hydrogen-bond acceptors (Lipinski definition) is 3. The third-order valence-electron chi connectivity index (χ3n) is 3.93. The van der Waals surface area contributed by atoms with E-state index >= 15 is 0 Å². The maximum Gasteiger partial charge on any atom is 0.244 e. The number of hydrogen-bond donors (Lipinski definition) is 1. The van der Waals surface area contributed by atoms with Gasteiger partial charge < -0.3 is 10.2 Å². The van der Waals surface area contributed by atoms with Crippen LogP contribution in [0.4, 0.5) is 18.9 Å². The van der Waals surface area contributed by atoms with E-state index in [2.05, 4.69) is 5.32 Å². The number of rotatable bonds is 8. The monoisotopic (exact) mass is 410 g/mol. The van der Waals surface area contributed by atoms with Crippen LogP contribution < -0.4 is 5.32 Å². The quantitative estimate of drug-likeness (QED) is 0.519. The van der Waals surface area contributed by atoms with Gasteiger partial charge in [0.2, 0.25) is 11.8 Å². The molecule has 2 aromatic carbocycles. The summed E-state index contributed by atoms with van der Waals surface area (Å²) in [6, 6.07) is 9.31. The molecule has 0 spiro atoms. The minimum absolute atomic E-state index is 0.150. The highest BCUT2D eigenvalue weighted by Gasteiger charge is 2.19. The number of benzene rings is 2. The van der Waals surface area contributed by atoms with Crippen LogP contribution in [0, 0.1) is 24.4 Å². The molecule has 0 aromatic heterocycles. The molecule has 0 unspecified atom stereocenters. The minimum atomic E-state index is -1.66. The van der Waals surface area contributed by atoms with Crippen molar-refractivity contribution in [3.05, 3.63) is 59.4 Å². The normalized spacial score (nSPS) is 10.6. The van der Waals surface area contributed by atoms with Gasteiger partial charge in [0.05, 0.1) is 18.0 Å². The van der Waals surface area contributed by atoms with E-state index < -0.39 is 29.0 Å². The Morgan fingerprint density at radius 3 is 2.46 bits per heavy atom. The summed E-state index contributed by atoms with van der Waals surface area (Å²) in [5.74, 6) is -5.25. The van der Waals surface area contributed by atoms with Crippen LogP contribution in [0.25, 0.3) is 0 Å². The van der Waals surface area contributed by atoms with Crippen LogP contribution >= 0.6 is 11.8 Å². The van der Waals surface area contributed by atoms with E-state index in [0.717, 1.165) is 22.6 Å². The molecule has 0 aliphatic carbocycles. The summed E-state index contributed by atoms with van der Waals surface area (Å²) in [4.78, 5) is 27.0. The largest absolute Gasteiger partial charge is 0.333 e. The highest BCUT2D eigenvalue weighted by molar-refractivity contribution is 8.00. The molecule has 8 heteroatoms. The third kappa shape index (κ3) is 5.76. The number of nitrogens with zero attached hydrogens (tertiary/aromatic N) is 1. The first-order valence-electron chi connectivity index (χ1n) is 8.73. The molecule has 28 heavy (non-hydrogen) atoms. The Bertz CT molecular complexity index is 861. The number of amides is 2. The summed E-state index contributed by atoms with van der Waals surface area (Å²) in [5.41, 5.74) is 0.580. The first-order valence-corrected chi connectivity index (χ1v) is 9.71. The zero-order chi connectivity index (χ0) is 20.7. The molecule has 0 saturated carbocycles. The molecule has 150 valence electrons. The van der Waals surface area contributed by atoms with Crippen molar-refractivity contribution in [3.63, 3.8) is 0 Å². The number of anilines is 1. The standard InChI is InChI=1S/C20H21F3N2O2S/c1-3-10-25(18(27)12-28-16-7-5-4-6-13(16)2)11-17(26)24-15-9-8-14(21)19(22)20(15)23/h4-9H,3,10-12H2,1-2H3,(H,24,26). The van der Waals surface area contributed by atoms with Crippen molar-refractivity contribution >= 4 is 29.3 Å². The highest BCUT2D eigenvalue weighted by atomic mass is 32.2. The van der Waals surface area contributed by atoms with Crippen LogP contribution in [0.5, 0.6) is 0 Å². The molecule has 0 aliphatic heterocycles. The van der Waals surface area contributed by atoms with Crippen LogP contribution in [-0.2, 0) is 9.59 Å². The molecular formula is C20H21F3N2O2S. The number of carbonyl (C=O) groups is 2. The fourth-order valence-electron chi connectivity index (χ4n) is 2.50. The topological polar surface area (TPSA) is 49.4 Å². The first-order chi connectivity index (χ1) is 13.3. The smallest absolute Gasteiger partial charge is 0.244 e. The molecule has 0 bridgehead atoms. The third-order valence-corrected chi connectivity index (χ3v) is 5.10. The Labute approximate surface area is 166 Å². The van der Waals surface area contributed by atoms with Gasteiger partial charge in [-0.05, 0) is 37.1 Å². The van der Waals surface area contributed by atoms with Gasteiger partial charge in [0, 0.05) is 11.4 Å². The maximum atomic E-state index is 13.7. The Morgan fingerprint density at radius 2 is 1.79 bits per heavy atom. The molecule has 2 amide bonds. The number of thioether (sulfide) groups is 1. The van der Waals surface area contributed by atoms with E-state index in [0.29, 0.717) is 13.0 Å². The van der Waals surface area contributed by atoms with Crippen LogP contribution in [0.15, 0.2) is 41.3 Å². The van der Waals surface area contributed by atoms with Gasteiger partial charge in [-0.2, -0.15) is 0 Å². The van der Waals surface area contributed by atoms with Crippen LogP contribution in [0.3, 0.4) is 0 Å². The van der Waals surface area contributed by atoms with Crippen molar-refractivity contribution in [1.82, 2.24) is 4.90 Å². The molecule has 4 nitrogen and oxygen atoms in total. The van der Waals surface area contributed by atoms with Crippen molar-refractivity contribution < 1.29 is 22.8 Å². The fraction of sp³-hybridized carbons (Fsp3) is 0.300. The molecule has 1 N–H and O–H groups in total. The Morgan fingerprint density at radius 1 is 1.07 bits per heavy atom. The second-order valence-electron chi connectivity index (χ2n) is 6.14. The molecule has 0 radical (unpaired) electrons. The lowest BCUT2D eigenvalue weighted by Crippen LogP contribution is -2.39. The predicted molar refractivity (Wildman–Crippen MR) is 104 cm³/mol. The maximum absolute atomic E-state index is 13.7. The predicted octanol–water partition coefficient (Wildman–Crippen LogP) is 4.38. The van der Waals surface area contributed by atoms with Gasteiger partial charge in [-0.1, -0.05) is 25.1 Å². The first kappa shape index (κ1) is 21.8. The molecule has 0 fully saturated rings. The van der Waals surface area contributed by atoms with Crippen molar-refractivity contribution in [2.24, 2.45) is 0 Å². The fourth-order valence-corrected chi connectivity index (χ4v) is 3.43. The molecular weight excluding hydrogens is 389 g/mol. The Hall–Kier alpha value is -2.48.